The van der Waals surface area contributed by atoms with E-state index in [4.69, 9.17) is 5.73 Å². The molecule has 0 aliphatic rings. The van der Waals surface area contributed by atoms with E-state index in [0.29, 0.717) is 19.5 Å². The SMILES string of the molecule is CN(Cc1ccc(N(C)C)cc1)C(=O)CCN. The van der Waals surface area contributed by atoms with E-state index in [1.807, 2.05) is 31.1 Å². The van der Waals surface area contributed by atoms with Crippen molar-refractivity contribution in [3.05, 3.63) is 29.8 Å². The van der Waals surface area contributed by atoms with E-state index in [1.54, 1.807) is 11.9 Å². The fourth-order valence-electron chi connectivity index (χ4n) is 1.58. The Morgan fingerprint density at radius 3 is 2.24 bits per heavy atom. The van der Waals surface area contributed by atoms with Crippen molar-refractivity contribution in [2.45, 2.75) is 13.0 Å². The molecule has 0 radical (unpaired) electrons. The second kappa shape index (κ2) is 6.25. The number of carbonyl (C=O) groups is 1. The van der Waals surface area contributed by atoms with Gasteiger partial charge in [0, 0.05) is 46.3 Å². The van der Waals surface area contributed by atoms with Crippen molar-refractivity contribution < 1.29 is 4.79 Å². The third-order valence-corrected chi connectivity index (χ3v) is 2.66. The molecule has 0 aliphatic heterocycles. The molecule has 0 atom stereocenters. The monoisotopic (exact) mass is 235 g/mol. The second-order valence-corrected chi connectivity index (χ2v) is 4.35. The molecule has 1 aromatic rings. The summed E-state index contributed by atoms with van der Waals surface area (Å²) in [6.45, 7) is 1.04. The summed E-state index contributed by atoms with van der Waals surface area (Å²) in [6.07, 6.45) is 0.409. The molecular formula is C13H21N3O. The molecule has 4 nitrogen and oxygen atoms in total. The van der Waals surface area contributed by atoms with Crippen LogP contribution in [0.2, 0.25) is 0 Å². The van der Waals surface area contributed by atoms with Crippen molar-refractivity contribution in [1.29, 1.82) is 0 Å². The highest BCUT2D eigenvalue weighted by Gasteiger charge is 2.07. The molecule has 0 aromatic heterocycles. The average Bonchev–Trinajstić information content (AvgIpc) is 2.30. The number of amides is 1. The lowest BCUT2D eigenvalue weighted by atomic mass is 10.2. The van der Waals surface area contributed by atoms with E-state index in [2.05, 4.69) is 12.1 Å². The lowest BCUT2D eigenvalue weighted by Crippen LogP contribution is -2.27. The van der Waals surface area contributed by atoms with Gasteiger partial charge < -0.3 is 15.5 Å². The van der Waals surface area contributed by atoms with Gasteiger partial charge in [-0.25, -0.2) is 0 Å². The first-order chi connectivity index (χ1) is 8.04. The van der Waals surface area contributed by atoms with Gasteiger partial charge in [-0.1, -0.05) is 12.1 Å². The second-order valence-electron chi connectivity index (χ2n) is 4.35. The predicted molar refractivity (Wildman–Crippen MR) is 70.9 cm³/mol. The smallest absolute Gasteiger partial charge is 0.223 e. The van der Waals surface area contributed by atoms with Crippen molar-refractivity contribution in [3.8, 4) is 0 Å². The molecule has 0 unspecified atom stereocenters. The minimum Gasteiger partial charge on any atom is -0.378 e. The fourth-order valence-corrected chi connectivity index (χ4v) is 1.58. The third-order valence-electron chi connectivity index (χ3n) is 2.66. The van der Waals surface area contributed by atoms with E-state index in [1.165, 1.54) is 0 Å². The zero-order chi connectivity index (χ0) is 12.8. The predicted octanol–water partition coefficient (Wildman–Crippen LogP) is 1.06. The zero-order valence-electron chi connectivity index (χ0n) is 10.8. The number of benzene rings is 1. The molecule has 2 N–H and O–H groups in total. The average molecular weight is 235 g/mol. The number of carbonyl (C=O) groups excluding carboxylic acids is 1. The molecule has 1 aromatic carbocycles. The lowest BCUT2D eigenvalue weighted by molar-refractivity contribution is -0.130. The number of hydrogen-bond donors (Lipinski definition) is 1. The van der Waals surface area contributed by atoms with E-state index in [0.717, 1.165) is 11.3 Å². The molecule has 1 amide bonds. The maximum Gasteiger partial charge on any atom is 0.223 e. The largest absolute Gasteiger partial charge is 0.378 e. The maximum atomic E-state index is 11.6. The zero-order valence-corrected chi connectivity index (χ0v) is 10.8. The Labute approximate surface area is 103 Å². The summed E-state index contributed by atoms with van der Waals surface area (Å²) in [6, 6.07) is 8.19. The number of nitrogens with zero attached hydrogens (tertiary/aromatic N) is 2. The van der Waals surface area contributed by atoms with Crippen molar-refractivity contribution in [1.82, 2.24) is 4.90 Å². The molecule has 94 valence electrons. The van der Waals surface area contributed by atoms with Crippen LogP contribution in [0.4, 0.5) is 5.69 Å². The van der Waals surface area contributed by atoms with Crippen molar-refractivity contribution in [2.24, 2.45) is 5.73 Å². The Balaban J connectivity index is 2.60. The molecule has 0 spiro atoms. The van der Waals surface area contributed by atoms with Gasteiger partial charge in [-0.05, 0) is 17.7 Å². The Morgan fingerprint density at radius 2 is 1.76 bits per heavy atom. The van der Waals surface area contributed by atoms with Crippen molar-refractivity contribution in [3.63, 3.8) is 0 Å². The van der Waals surface area contributed by atoms with Crippen LogP contribution in [0.3, 0.4) is 0 Å². The molecule has 1 rings (SSSR count). The molecule has 0 saturated carbocycles. The number of rotatable bonds is 5. The minimum atomic E-state index is 0.0872. The lowest BCUT2D eigenvalue weighted by Gasteiger charge is -2.18. The molecule has 0 fully saturated rings. The van der Waals surface area contributed by atoms with Crippen LogP contribution in [0.5, 0.6) is 0 Å². The van der Waals surface area contributed by atoms with Crippen molar-refractivity contribution in [2.75, 3.05) is 32.6 Å². The molecule has 17 heavy (non-hydrogen) atoms. The molecule has 4 heteroatoms. The summed E-state index contributed by atoms with van der Waals surface area (Å²) in [5.74, 6) is 0.0872. The van der Waals surface area contributed by atoms with Crippen molar-refractivity contribution >= 4 is 11.6 Å². The first kappa shape index (κ1) is 13.5. The normalized spacial score (nSPS) is 10.1. The summed E-state index contributed by atoms with van der Waals surface area (Å²) in [4.78, 5) is 15.3. The van der Waals surface area contributed by atoms with Gasteiger partial charge in [0.2, 0.25) is 5.91 Å². The standard InChI is InChI=1S/C13H21N3O/c1-15(2)12-6-4-11(5-7-12)10-16(3)13(17)8-9-14/h4-7H,8-10,14H2,1-3H3. The summed E-state index contributed by atoms with van der Waals surface area (Å²) in [5.41, 5.74) is 7.65. The van der Waals surface area contributed by atoms with Crippen LogP contribution in [-0.2, 0) is 11.3 Å². The van der Waals surface area contributed by atoms with Gasteiger partial charge in [0.15, 0.2) is 0 Å². The summed E-state index contributed by atoms with van der Waals surface area (Å²) < 4.78 is 0. The Hall–Kier alpha value is -1.55. The Bertz CT molecular complexity index is 359. The van der Waals surface area contributed by atoms with Gasteiger partial charge in [0.25, 0.3) is 0 Å². The van der Waals surface area contributed by atoms with E-state index in [-0.39, 0.29) is 5.91 Å². The Morgan fingerprint density at radius 1 is 1.18 bits per heavy atom. The molecule has 0 aliphatic carbocycles. The topological polar surface area (TPSA) is 49.6 Å². The van der Waals surface area contributed by atoms with Gasteiger partial charge >= 0.3 is 0 Å². The van der Waals surface area contributed by atoms with E-state index in [9.17, 15) is 4.79 Å². The highest BCUT2D eigenvalue weighted by atomic mass is 16.2. The first-order valence-electron chi connectivity index (χ1n) is 5.75. The Kier molecular flexibility index (Phi) is 4.97. The quantitative estimate of drug-likeness (QED) is 0.830. The third kappa shape index (κ3) is 4.07. The molecule has 0 bridgehead atoms. The van der Waals surface area contributed by atoms with E-state index >= 15 is 0 Å². The van der Waals surface area contributed by atoms with Gasteiger partial charge in [-0.3, -0.25) is 4.79 Å². The van der Waals surface area contributed by atoms with Crippen LogP contribution in [-0.4, -0.2) is 38.5 Å². The van der Waals surface area contributed by atoms with Crippen LogP contribution in [0, 0.1) is 0 Å². The van der Waals surface area contributed by atoms with Crippen LogP contribution in [0.15, 0.2) is 24.3 Å². The number of hydrogen-bond acceptors (Lipinski definition) is 3. The van der Waals surface area contributed by atoms with Crippen LogP contribution in [0.1, 0.15) is 12.0 Å². The maximum absolute atomic E-state index is 11.6. The number of nitrogens with two attached hydrogens (primary N) is 1. The van der Waals surface area contributed by atoms with Crippen LogP contribution in [0.25, 0.3) is 0 Å². The summed E-state index contributed by atoms with van der Waals surface area (Å²) >= 11 is 0. The first-order valence-corrected chi connectivity index (χ1v) is 5.75. The van der Waals surface area contributed by atoms with E-state index < -0.39 is 0 Å². The van der Waals surface area contributed by atoms with Gasteiger partial charge in [-0.15, -0.1) is 0 Å². The van der Waals surface area contributed by atoms with Gasteiger partial charge in [0.1, 0.15) is 0 Å². The molecule has 0 heterocycles. The number of anilines is 1. The van der Waals surface area contributed by atoms with Crippen LogP contribution >= 0.6 is 0 Å². The fraction of sp³-hybridized carbons (Fsp3) is 0.462. The highest BCUT2D eigenvalue weighted by molar-refractivity contribution is 5.76. The van der Waals surface area contributed by atoms with Gasteiger partial charge in [0.05, 0.1) is 0 Å². The molecular weight excluding hydrogens is 214 g/mol. The van der Waals surface area contributed by atoms with Crippen LogP contribution < -0.4 is 10.6 Å². The molecule has 0 saturated heterocycles. The summed E-state index contributed by atoms with van der Waals surface area (Å²) in [7, 11) is 5.82. The van der Waals surface area contributed by atoms with Gasteiger partial charge in [-0.2, -0.15) is 0 Å². The highest BCUT2D eigenvalue weighted by Crippen LogP contribution is 2.13. The minimum absolute atomic E-state index is 0.0872. The summed E-state index contributed by atoms with van der Waals surface area (Å²) in [5, 5.41) is 0.